The lowest BCUT2D eigenvalue weighted by molar-refractivity contribution is -0.270. The van der Waals surface area contributed by atoms with E-state index in [4.69, 9.17) is 4.74 Å². The van der Waals surface area contributed by atoms with Gasteiger partial charge in [-0.05, 0) is 115 Å². The molecule has 5 aliphatic rings. The third-order valence-corrected chi connectivity index (χ3v) is 16.4. The third-order valence-electron chi connectivity index (χ3n) is 16.4. The van der Waals surface area contributed by atoms with E-state index in [1.165, 1.54) is 76.2 Å². The molecule has 3 nitrogen and oxygen atoms in total. The van der Waals surface area contributed by atoms with Crippen molar-refractivity contribution in [3.05, 3.63) is 12.2 Å². The Bertz CT molecular complexity index is 1060. The van der Waals surface area contributed by atoms with Crippen LogP contribution in [-0.2, 0) is 9.53 Å². The first-order valence-corrected chi connectivity index (χ1v) is 19.7. The van der Waals surface area contributed by atoms with Crippen molar-refractivity contribution in [3.63, 3.8) is 0 Å². The van der Waals surface area contributed by atoms with Crippen LogP contribution in [0.15, 0.2) is 12.2 Å². The lowest BCUT2D eigenvalue weighted by Gasteiger charge is -2.74. The number of allylic oxidation sites excluding steroid dienone is 1. The van der Waals surface area contributed by atoms with Crippen LogP contribution in [0.3, 0.4) is 0 Å². The van der Waals surface area contributed by atoms with E-state index in [9.17, 15) is 9.90 Å². The maximum atomic E-state index is 13.1. The van der Waals surface area contributed by atoms with Crippen LogP contribution < -0.4 is 0 Å². The molecule has 0 saturated heterocycles. The minimum Gasteiger partial charge on any atom is -0.462 e. The largest absolute Gasteiger partial charge is 0.462 e. The van der Waals surface area contributed by atoms with E-state index < -0.39 is 0 Å². The van der Waals surface area contributed by atoms with Crippen molar-refractivity contribution >= 4 is 5.97 Å². The Morgan fingerprint density at radius 2 is 1.44 bits per heavy atom. The summed E-state index contributed by atoms with van der Waals surface area (Å²) < 4.78 is 6.37. The maximum Gasteiger partial charge on any atom is 0.306 e. The number of unbranched alkanes of at least 4 members (excludes halogenated alkanes) is 8. The van der Waals surface area contributed by atoms with Crippen LogP contribution in [0, 0.1) is 56.7 Å². The molecule has 0 heterocycles. The van der Waals surface area contributed by atoms with Crippen LogP contribution >= 0.6 is 0 Å². The van der Waals surface area contributed by atoms with Gasteiger partial charge >= 0.3 is 5.97 Å². The lowest BCUT2D eigenvalue weighted by Crippen LogP contribution is -2.69. The molecule has 0 aromatic carbocycles. The molecule has 45 heavy (non-hydrogen) atoms. The molecule has 5 saturated carbocycles. The van der Waals surface area contributed by atoms with Crippen molar-refractivity contribution in [2.24, 2.45) is 56.7 Å². The third kappa shape index (κ3) is 5.92. The second kappa shape index (κ2) is 13.2. The smallest absolute Gasteiger partial charge is 0.306 e. The summed E-state index contributed by atoms with van der Waals surface area (Å²) >= 11 is 0. The highest BCUT2D eigenvalue weighted by Crippen LogP contribution is 2.77. The van der Waals surface area contributed by atoms with Gasteiger partial charge in [-0.25, -0.2) is 0 Å². The van der Waals surface area contributed by atoms with Gasteiger partial charge in [0.2, 0.25) is 0 Å². The van der Waals surface area contributed by atoms with Gasteiger partial charge in [0, 0.05) is 11.8 Å². The van der Waals surface area contributed by atoms with Crippen LogP contribution in [0.2, 0.25) is 0 Å². The van der Waals surface area contributed by atoms with E-state index in [-0.39, 0.29) is 45.3 Å². The molecule has 0 bridgehead atoms. The second-order valence-electron chi connectivity index (χ2n) is 18.8. The number of fused-ring (bicyclic) bond motifs is 7. The van der Waals surface area contributed by atoms with Crippen molar-refractivity contribution in [1.29, 1.82) is 0 Å². The van der Waals surface area contributed by atoms with Crippen molar-refractivity contribution < 1.29 is 14.6 Å². The number of hydrogen-bond donors (Lipinski definition) is 1. The molecule has 0 aliphatic heterocycles. The summed E-state index contributed by atoms with van der Waals surface area (Å²) in [4.78, 5) is 13.1. The van der Waals surface area contributed by atoms with Gasteiger partial charge in [0.1, 0.15) is 6.10 Å². The highest BCUT2D eigenvalue weighted by atomic mass is 16.5. The number of ether oxygens (including phenoxy) is 1. The minimum atomic E-state index is -0.224. The van der Waals surface area contributed by atoms with Crippen molar-refractivity contribution in [1.82, 2.24) is 0 Å². The summed E-state index contributed by atoms with van der Waals surface area (Å²) in [6.07, 6.45) is 22.2. The van der Waals surface area contributed by atoms with E-state index >= 15 is 0 Å². The molecule has 5 aliphatic carbocycles. The molecular formula is C42H72O3. The van der Waals surface area contributed by atoms with Crippen molar-refractivity contribution in [2.45, 2.75) is 190 Å². The highest BCUT2D eigenvalue weighted by Gasteiger charge is 2.71. The molecule has 0 aromatic heterocycles. The zero-order chi connectivity index (χ0) is 32.8. The Labute approximate surface area is 278 Å². The summed E-state index contributed by atoms with van der Waals surface area (Å²) in [6.45, 7) is 24.4. The first-order valence-electron chi connectivity index (χ1n) is 19.7. The van der Waals surface area contributed by atoms with Crippen LogP contribution in [0.4, 0.5) is 0 Å². The molecule has 5 fully saturated rings. The van der Waals surface area contributed by atoms with Gasteiger partial charge in [-0.3, -0.25) is 4.79 Å². The molecule has 0 amide bonds. The van der Waals surface area contributed by atoms with Gasteiger partial charge in [-0.15, -0.1) is 0 Å². The van der Waals surface area contributed by atoms with Crippen molar-refractivity contribution in [3.8, 4) is 0 Å². The molecule has 0 radical (unpaired) electrons. The van der Waals surface area contributed by atoms with E-state index in [1.54, 1.807) is 0 Å². The quantitative estimate of drug-likeness (QED) is 0.141. The number of esters is 1. The van der Waals surface area contributed by atoms with E-state index in [2.05, 4.69) is 62.0 Å². The first kappa shape index (κ1) is 35.5. The molecule has 0 aromatic rings. The van der Waals surface area contributed by atoms with Gasteiger partial charge in [-0.1, -0.05) is 119 Å². The Morgan fingerprint density at radius 1 is 0.800 bits per heavy atom. The molecule has 3 heteroatoms. The number of rotatable bonds is 11. The second-order valence-corrected chi connectivity index (χ2v) is 18.8. The maximum absolute atomic E-state index is 13.1. The Balaban J connectivity index is 1.24. The number of aliphatic hydroxyl groups excluding tert-OH is 1. The zero-order valence-electron chi connectivity index (χ0n) is 30.9. The number of carbonyl (C=O) groups excluding carboxylic acids is 1. The summed E-state index contributed by atoms with van der Waals surface area (Å²) in [5, 5.41) is 11.9. The molecule has 5 rings (SSSR count). The molecule has 1 N–H and O–H groups in total. The predicted molar refractivity (Wildman–Crippen MR) is 188 cm³/mol. The van der Waals surface area contributed by atoms with Crippen LogP contribution in [0.1, 0.15) is 177 Å². The average molecular weight is 625 g/mol. The van der Waals surface area contributed by atoms with E-state index in [0.717, 1.165) is 44.9 Å². The summed E-state index contributed by atoms with van der Waals surface area (Å²) in [5.41, 5.74) is 2.04. The summed E-state index contributed by atoms with van der Waals surface area (Å²) in [5.74, 6) is 2.94. The van der Waals surface area contributed by atoms with E-state index in [0.29, 0.717) is 36.0 Å². The topological polar surface area (TPSA) is 46.5 Å². The number of hydrogen-bond acceptors (Lipinski definition) is 3. The number of aliphatic hydroxyl groups is 1. The zero-order valence-corrected chi connectivity index (χ0v) is 30.9. The molecule has 11 atom stereocenters. The van der Waals surface area contributed by atoms with Gasteiger partial charge < -0.3 is 9.84 Å². The molecule has 11 unspecified atom stereocenters. The van der Waals surface area contributed by atoms with Crippen molar-refractivity contribution in [2.75, 3.05) is 0 Å². The number of carbonyl (C=O) groups is 1. The standard InChI is InChI=1S/C42H72O3/c1-10-11-12-13-14-15-16-17-18-19-36(44)45-35-24-26-39(6)32(38(35,4)5)23-27-41(8)33(39)21-20-31-37-30(3)29(2)22-25-40(37,7)34(43)28-42(31,41)9/h30-35,37,43H,2,10-28H2,1,3-9H3. The SMILES string of the molecule is C=C1CCC2(C)C(O)CC3(C)C(CCC4C5(C)CCC(OC(=O)CCCCCCCCCCC)C(C)(C)C5CCC43C)C2C1C. The average Bonchev–Trinajstić information content (AvgIpc) is 2.97. The van der Waals surface area contributed by atoms with Gasteiger partial charge in [0.15, 0.2) is 0 Å². The monoisotopic (exact) mass is 625 g/mol. The molecule has 0 spiro atoms. The fourth-order valence-electron chi connectivity index (χ4n) is 13.4. The van der Waals surface area contributed by atoms with Gasteiger partial charge in [-0.2, -0.15) is 0 Å². The fourth-order valence-corrected chi connectivity index (χ4v) is 13.4. The van der Waals surface area contributed by atoms with Gasteiger partial charge in [0.05, 0.1) is 6.10 Å². The Hall–Kier alpha value is -0.830. The van der Waals surface area contributed by atoms with Gasteiger partial charge in [0.25, 0.3) is 0 Å². The van der Waals surface area contributed by atoms with Crippen LogP contribution in [0.5, 0.6) is 0 Å². The predicted octanol–water partition coefficient (Wildman–Crippen LogP) is 11.5. The van der Waals surface area contributed by atoms with Crippen LogP contribution in [-0.4, -0.2) is 23.3 Å². The van der Waals surface area contributed by atoms with Crippen LogP contribution in [0.25, 0.3) is 0 Å². The summed E-state index contributed by atoms with van der Waals surface area (Å²) in [7, 11) is 0. The lowest BCUT2D eigenvalue weighted by atomic mass is 9.31. The summed E-state index contributed by atoms with van der Waals surface area (Å²) in [6, 6.07) is 0. The molecular weight excluding hydrogens is 552 g/mol. The first-order chi connectivity index (χ1) is 21.2. The Kier molecular flexibility index (Phi) is 10.4. The molecule has 258 valence electrons. The highest BCUT2D eigenvalue weighted by molar-refractivity contribution is 5.69. The minimum absolute atomic E-state index is 0.0134. The normalized spacial score (nSPS) is 45.5. The van der Waals surface area contributed by atoms with E-state index in [1.807, 2.05) is 0 Å². The fraction of sp³-hybridized carbons (Fsp3) is 0.929. The Morgan fingerprint density at radius 3 is 2.11 bits per heavy atom.